The van der Waals surface area contributed by atoms with Gasteiger partial charge in [0.05, 0.1) is 0 Å². The molecule has 0 aliphatic rings. The van der Waals surface area contributed by atoms with Crippen molar-refractivity contribution < 1.29 is 86.9 Å². The van der Waals surface area contributed by atoms with Crippen molar-refractivity contribution in [3.63, 3.8) is 0 Å². The van der Waals surface area contributed by atoms with E-state index in [1.807, 2.05) is 0 Å². The summed E-state index contributed by atoms with van der Waals surface area (Å²) < 4.78 is 6.86. The summed E-state index contributed by atoms with van der Waals surface area (Å²) in [6.07, 6.45) is -3.65. The number of carboxylic acid groups (broad SMARTS) is 2. The molecule has 0 atom stereocenters. The maximum atomic E-state index is 9.54. The van der Waals surface area contributed by atoms with Crippen LogP contribution in [0.4, 0.5) is 9.59 Å². The molecule has 0 aliphatic heterocycles. The summed E-state index contributed by atoms with van der Waals surface area (Å²) in [5.41, 5.74) is 0. The number of hydrogen-bond donors (Lipinski definition) is 3. The Morgan fingerprint density at radius 3 is 1.64 bits per heavy atom. The molecule has 0 fully saturated rings. The van der Waals surface area contributed by atoms with Gasteiger partial charge in [0.2, 0.25) is 0 Å². The second-order valence-electron chi connectivity index (χ2n) is 1.07. The summed E-state index contributed by atoms with van der Waals surface area (Å²) in [6.45, 7) is 0. The van der Waals surface area contributed by atoms with Gasteiger partial charge in [-0.2, -0.15) is 0 Å². The molecule has 0 unspecified atom stereocenters. The Morgan fingerprint density at radius 2 is 1.45 bits per heavy atom. The van der Waals surface area contributed by atoms with Gasteiger partial charge in [-0.1, -0.05) is 0 Å². The van der Waals surface area contributed by atoms with Gasteiger partial charge in [0.1, 0.15) is 0 Å². The van der Waals surface area contributed by atoms with Crippen molar-refractivity contribution in [2.24, 2.45) is 0 Å². The van der Waals surface area contributed by atoms with Gasteiger partial charge in [-0.3, -0.25) is 0 Å². The Morgan fingerprint density at radius 1 is 1.18 bits per heavy atom. The van der Waals surface area contributed by atoms with Gasteiger partial charge in [0, 0.05) is 0 Å². The first-order chi connectivity index (χ1) is 4.52. The van der Waals surface area contributed by atoms with Crippen LogP contribution in [-0.4, -0.2) is 34.9 Å². The van der Waals surface area contributed by atoms with E-state index in [-0.39, 0.29) is 52.8 Å². The minimum Gasteiger partial charge on any atom is -1.00 e. The first kappa shape index (κ1) is 13.8. The summed E-state index contributed by atoms with van der Waals surface area (Å²) in [5, 5.41) is 23.7. The fourth-order valence-electron chi connectivity index (χ4n) is 0.197. The Balaban J connectivity index is -0.000000405. The van der Waals surface area contributed by atoms with Crippen molar-refractivity contribution in [1.82, 2.24) is 0 Å². The summed E-state index contributed by atoms with van der Waals surface area (Å²) in [4.78, 5) is 19.1. The van der Waals surface area contributed by atoms with Crippen LogP contribution in [0.2, 0.25) is 0 Å². The van der Waals surface area contributed by atoms with Gasteiger partial charge in [0.25, 0.3) is 0 Å². The molecule has 0 aromatic rings. The van der Waals surface area contributed by atoms with Crippen LogP contribution in [0.1, 0.15) is 1.43 Å². The van der Waals surface area contributed by atoms with Crippen molar-refractivity contribution in [3.05, 3.63) is 0 Å². The van der Waals surface area contributed by atoms with Crippen molar-refractivity contribution >= 4 is 19.6 Å². The number of carbonyl (C=O) groups is 2. The molecular formula is C2H4BKO7. The van der Waals surface area contributed by atoms with E-state index in [0.717, 1.165) is 0 Å². The monoisotopic (exact) mass is 190 g/mol. The molecule has 0 aromatic heterocycles. The van der Waals surface area contributed by atoms with Crippen LogP contribution in [0.5, 0.6) is 0 Å². The van der Waals surface area contributed by atoms with Gasteiger partial charge < -0.3 is 26.0 Å². The van der Waals surface area contributed by atoms with E-state index >= 15 is 0 Å². The molecule has 3 N–H and O–H groups in total. The molecule has 7 nitrogen and oxygen atoms in total. The third kappa shape index (κ3) is 10.2. The van der Waals surface area contributed by atoms with Crippen molar-refractivity contribution in [1.29, 1.82) is 0 Å². The topological polar surface area (TPSA) is 113 Å². The fraction of sp³-hybridized carbons (Fsp3) is 0. The van der Waals surface area contributed by atoms with E-state index < -0.39 is 19.6 Å². The summed E-state index contributed by atoms with van der Waals surface area (Å²) in [7, 11) is -2.28. The average Bonchev–Trinajstić information content (AvgIpc) is 1.58. The van der Waals surface area contributed by atoms with E-state index in [2.05, 4.69) is 9.31 Å². The zero-order chi connectivity index (χ0) is 8.15. The zero-order valence-electron chi connectivity index (χ0n) is 6.55. The molecule has 0 aliphatic carbocycles. The predicted octanol–water partition coefficient (Wildman–Crippen LogP) is -3.53. The van der Waals surface area contributed by atoms with Crippen LogP contribution in [0.3, 0.4) is 0 Å². The maximum absolute atomic E-state index is 9.54. The summed E-state index contributed by atoms with van der Waals surface area (Å²) in [5.74, 6) is 0. The summed E-state index contributed by atoms with van der Waals surface area (Å²) in [6, 6.07) is 0. The number of rotatable bonds is 2. The quantitative estimate of drug-likeness (QED) is 0.386. The maximum Gasteiger partial charge on any atom is 1.00 e. The van der Waals surface area contributed by atoms with Crippen LogP contribution in [-0.2, 0) is 9.31 Å². The van der Waals surface area contributed by atoms with Crippen molar-refractivity contribution in [2.75, 3.05) is 0 Å². The Hall–Kier alpha value is 0.201. The molecular weight excluding hydrogens is 186 g/mol. The fourth-order valence-corrected chi connectivity index (χ4v) is 0.197. The molecule has 0 saturated carbocycles. The second kappa shape index (κ2) is 6.88. The zero-order valence-corrected chi connectivity index (χ0v) is 8.68. The molecule has 0 amide bonds. The minimum absolute atomic E-state index is 0. The Kier molecular flexibility index (Phi) is 8.62. The molecule has 0 saturated heterocycles. The third-order valence-corrected chi connectivity index (χ3v) is 0.403. The predicted molar refractivity (Wildman–Crippen MR) is 27.3 cm³/mol. The first-order valence-electron chi connectivity index (χ1n) is 1.99. The van der Waals surface area contributed by atoms with Crippen LogP contribution in [0, 0.1) is 0 Å². The standard InChI is InChI=1S/C2H3BO7.K.H/c4-1(5)9-3(8)10-2(6)7;;/h8H,(H,4,5)(H,6,7);;/q;+1;-1. The van der Waals surface area contributed by atoms with Crippen molar-refractivity contribution in [3.8, 4) is 0 Å². The molecule has 0 heterocycles. The Labute approximate surface area is 105 Å². The second-order valence-corrected chi connectivity index (χ2v) is 1.07. The van der Waals surface area contributed by atoms with Crippen molar-refractivity contribution in [2.45, 2.75) is 0 Å². The van der Waals surface area contributed by atoms with Gasteiger partial charge in [-0.15, -0.1) is 0 Å². The molecule has 0 rings (SSSR count). The van der Waals surface area contributed by atoms with Crippen LogP contribution in [0.25, 0.3) is 0 Å². The molecule has 11 heavy (non-hydrogen) atoms. The largest absolute Gasteiger partial charge is 1.00 e. The van der Waals surface area contributed by atoms with Crippen LogP contribution >= 0.6 is 0 Å². The van der Waals surface area contributed by atoms with E-state index in [9.17, 15) is 9.59 Å². The third-order valence-electron chi connectivity index (χ3n) is 0.403. The molecule has 58 valence electrons. The van der Waals surface area contributed by atoms with Gasteiger partial charge in [-0.25, -0.2) is 9.59 Å². The van der Waals surface area contributed by atoms with E-state index in [4.69, 9.17) is 15.2 Å². The van der Waals surface area contributed by atoms with E-state index in [1.54, 1.807) is 0 Å². The van der Waals surface area contributed by atoms with E-state index in [1.165, 1.54) is 0 Å². The normalized spacial score (nSPS) is 7.36. The molecule has 0 spiro atoms. The first-order valence-corrected chi connectivity index (χ1v) is 1.99. The average molecular weight is 190 g/mol. The molecule has 9 heteroatoms. The van der Waals surface area contributed by atoms with Crippen LogP contribution < -0.4 is 51.4 Å². The Bertz CT molecular complexity index is 136. The smallest absolute Gasteiger partial charge is 1.00 e. The van der Waals surface area contributed by atoms with Gasteiger partial charge in [-0.05, 0) is 0 Å². The molecule has 0 radical (unpaired) electrons. The molecule has 0 aromatic carbocycles. The molecule has 0 bridgehead atoms. The van der Waals surface area contributed by atoms with Gasteiger partial charge >= 0.3 is 71.0 Å². The van der Waals surface area contributed by atoms with Crippen LogP contribution in [0.15, 0.2) is 0 Å². The summed E-state index contributed by atoms with van der Waals surface area (Å²) >= 11 is 0. The number of hydrogen-bond acceptors (Lipinski definition) is 5. The minimum atomic E-state index is -2.28. The SMILES string of the molecule is O=C(O)OB(O)OC(=O)O.[H-].[K+]. The van der Waals surface area contributed by atoms with E-state index in [0.29, 0.717) is 0 Å². The van der Waals surface area contributed by atoms with Gasteiger partial charge in [0.15, 0.2) is 0 Å².